The second kappa shape index (κ2) is 7.97. The summed E-state index contributed by atoms with van der Waals surface area (Å²) in [6.07, 6.45) is 1.51. The van der Waals surface area contributed by atoms with Crippen LogP contribution >= 0.6 is 11.8 Å². The van der Waals surface area contributed by atoms with Crippen LogP contribution in [-0.4, -0.2) is 20.1 Å². The van der Waals surface area contributed by atoms with Crippen molar-refractivity contribution in [3.8, 4) is 5.75 Å². The van der Waals surface area contributed by atoms with Crippen molar-refractivity contribution >= 4 is 40.0 Å². The van der Waals surface area contributed by atoms with Crippen LogP contribution in [0.25, 0.3) is 11.0 Å². The van der Waals surface area contributed by atoms with E-state index in [-0.39, 0.29) is 5.75 Å². The van der Waals surface area contributed by atoms with E-state index in [1.165, 1.54) is 6.33 Å². The molecule has 6 nitrogen and oxygen atoms in total. The maximum atomic E-state index is 9.50. The predicted octanol–water partition coefficient (Wildman–Crippen LogP) is 5.33. The average molecular weight is 404 g/mol. The molecule has 146 valence electrons. The number of hydrogen-bond donors (Lipinski definition) is 3. The number of nitrogens with zero attached hydrogens (tertiary/aromatic N) is 3. The van der Waals surface area contributed by atoms with Gasteiger partial charge in [0.25, 0.3) is 0 Å². The van der Waals surface area contributed by atoms with Crippen molar-refractivity contribution in [1.82, 2.24) is 15.0 Å². The topological polar surface area (TPSA) is 97.0 Å². The van der Waals surface area contributed by atoms with E-state index in [0.29, 0.717) is 23.1 Å². The first-order valence-corrected chi connectivity index (χ1v) is 10.1. The van der Waals surface area contributed by atoms with Crippen LogP contribution in [0.5, 0.6) is 5.75 Å². The van der Waals surface area contributed by atoms with Gasteiger partial charge < -0.3 is 16.2 Å². The van der Waals surface area contributed by atoms with Crippen LogP contribution < -0.4 is 11.1 Å². The maximum absolute atomic E-state index is 9.50. The third kappa shape index (κ3) is 4.25. The Kier molecular flexibility index (Phi) is 5.22. The summed E-state index contributed by atoms with van der Waals surface area (Å²) in [5, 5.41) is 13.7. The van der Waals surface area contributed by atoms with E-state index < -0.39 is 0 Å². The fraction of sp³-hybridized carbons (Fsp3) is 0.136. The summed E-state index contributed by atoms with van der Waals surface area (Å²) in [5.41, 5.74) is 9.18. The molecule has 0 radical (unpaired) electrons. The molecule has 0 aliphatic rings. The highest BCUT2D eigenvalue weighted by Crippen LogP contribution is 2.37. The molecule has 4 aromatic rings. The van der Waals surface area contributed by atoms with Gasteiger partial charge in [-0.25, -0.2) is 15.0 Å². The van der Waals surface area contributed by atoms with Crippen molar-refractivity contribution in [2.45, 2.75) is 29.6 Å². The molecule has 29 heavy (non-hydrogen) atoms. The molecule has 0 aliphatic heterocycles. The van der Waals surface area contributed by atoms with Gasteiger partial charge in [-0.2, -0.15) is 0 Å². The summed E-state index contributed by atoms with van der Waals surface area (Å²) in [6.45, 7) is 4.21. The average Bonchev–Trinajstić information content (AvgIpc) is 2.71. The molecule has 4 N–H and O–H groups in total. The van der Waals surface area contributed by atoms with E-state index in [4.69, 9.17) is 5.73 Å². The van der Waals surface area contributed by atoms with E-state index in [1.54, 1.807) is 23.9 Å². The molecule has 2 heterocycles. The third-order valence-electron chi connectivity index (χ3n) is 4.43. The molecule has 0 amide bonds. The number of hydrogen-bond acceptors (Lipinski definition) is 7. The maximum Gasteiger partial charge on any atom is 0.164 e. The fourth-order valence-electron chi connectivity index (χ4n) is 2.88. The number of rotatable bonds is 5. The summed E-state index contributed by atoms with van der Waals surface area (Å²) in [6, 6.07) is 16.8. The van der Waals surface area contributed by atoms with Gasteiger partial charge in [-0.15, -0.1) is 0 Å². The molecular weight excluding hydrogens is 382 g/mol. The smallest absolute Gasteiger partial charge is 0.164 e. The quantitative estimate of drug-likeness (QED) is 0.387. The Bertz CT molecular complexity index is 1160. The lowest BCUT2D eigenvalue weighted by Gasteiger charge is -2.14. The van der Waals surface area contributed by atoms with Crippen LogP contribution in [0.4, 0.5) is 17.2 Å². The zero-order chi connectivity index (χ0) is 20.4. The molecule has 2 aromatic heterocycles. The van der Waals surface area contributed by atoms with Gasteiger partial charge in [0.05, 0.1) is 11.1 Å². The zero-order valence-electron chi connectivity index (χ0n) is 16.1. The van der Waals surface area contributed by atoms with Gasteiger partial charge in [0.1, 0.15) is 17.9 Å². The summed E-state index contributed by atoms with van der Waals surface area (Å²) in [7, 11) is 0. The standard InChI is InChI=1S/C22H21N5OS/c1-13(2)18-9-8-17-21(26-18)24-12-25-22(17)27-19-11-14(23)3-10-20(19)29-16-6-4-15(28)5-7-16/h3-13,28H,23H2,1-2H3,(H,24,25,26,27). The Morgan fingerprint density at radius 2 is 1.79 bits per heavy atom. The Morgan fingerprint density at radius 1 is 1.00 bits per heavy atom. The highest BCUT2D eigenvalue weighted by atomic mass is 32.2. The first-order valence-electron chi connectivity index (χ1n) is 9.24. The van der Waals surface area contributed by atoms with E-state index >= 15 is 0 Å². The lowest BCUT2D eigenvalue weighted by atomic mass is 10.1. The second-order valence-electron chi connectivity index (χ2n) is 6.96. The molecule has 4 rings (SSSR count). The highest BCUT2D eigenvalue weighted by molar-refractivity contribution is 7.99. The molecule has 0 saturated heterocycles. The molecule has 0 spiro atoms. The summed E-state index contributed by atoms with van der Waals surface area (Å²) >= 11 is 1.57. The van der Waals surface area contributed by atoms with E-state index in [1.807, 2.05) is 42.5 Å². The van der Waals surface area contributed by atoms with Crippen LogP contribution in [0.2, 0.25) is 0 Å². The Morgan fingerprint density at radius 3 is 2.55 bits per heavy atom. The SMILES string of the molecule is CC(C)c1ccc2c(Nc3cc(N)ccc3Sc3ccc(O)cc3)ncnc2n1. The Balaban J connectivity index is 1.70. The van der Waals surface area contributed by atoms with Crippen molar-refractivity contribution < 1.29 is 5.11 Å². The van der Waals surface area contributed by atoms with E-state index in [9.17, 15) is 5.11 Å². The highest BCUT2D eigenvalue weighted by Gasteiger charge is 2.11. The van der Waals surface area contributed by atoms with Crippen molar-refractivity contribution in [2.75, 3.05) is 11.1 Å². The van der Waals surface area contributed by atoms with Gasteiger partial charge in [0, 0.05) is 21.2 Å². The molecule has 0 aliphatic carbocycles. The third-order valence-corrected chi connectivity index (χ3v) is 5.52. The Labute approximate surface area is 173 Å². The van der Waals surface area contributed by atoms with Crippen molar-refractivity contribution in [1.29, 1.82) is 0 Å². The van der Waals surface area contributed by atoms with Gasteiger partial charge in [-0.3, -0.25) is 0 Å². The van der Waals surface area contributed by atoms with Crippen molar-refractivity contribution in [3.63, 3.8) is 0 Å². The number of phenols is 1. The van der Waals surface area contributed by atoms with Crippen LogP contribution in [0.3, 0.4) is 0 Å². The van der Waals surface area contributed by atoms with E-state index in [0.717, 1.165) is 26.6 Å². The molecule has 2 aromatic carbocycles. The summed E-state index contributed by atoms with van der Waals surface area (Å²) in [4.78, 5) is 15.4. The number of nitrogens with one attached hydrogen (secondary N) is 1. The fourth-order valence-corrected chi connectivity index (χ4v) is 3.76. The lowest BCUT2D eigenvalue weighted by Crippen LogP contribution is -2.01. The number of benzene rings is 2. The van der Waals surface area contributed by atoms with Gasteiger partial charge in [0.15, 0.2) is 5.65 Å². The second-order valence-corrected chi connectivity index (χ2v) is 8.08. The monoisotopic (exact) mass is 403 g/mol. The molecule has 0 saturated carbocycles. The number of aromatic hydroxyl groups is 1. The first kappa shape index (κ1) is 19.0. The molecule has 0 unspecified atom stereocenters. The van der Waals surface area contributed by atoms with Gasteiger partial charge in [-0.1, -0.05) is 25.6 Å². The van der Waals surface area contributed by atoms with E-state index in [2.05, 4.69) is 34.1 Å². The largest absolute Gasteiger partial charge is 0.508 e. The minimum atomic E-state index is 0.241. The van der Waals surface area contributed by atoms with Gasteiger partial charge >= 0.3 is 0 Å². The molecular formula is C22H21N5OS. The predicted molar refractivity (Wildman–Crippen MR) is 118 cm³/mol. The zero-order valence-corrected chi connectivity index (χ0v) is 16.9. The van der Waals surface area contributed by atoms with Crippen molar-refractivity contribution in [2.24, 2.45) is 0 Å². The number of phenolic OH excluding ortho intramolecular Hbond substituents is 1. The van der Waals surface area contributed by atoms with Gasteiger partial charge in [0.2, 0.25) is 0 Å². The van der Waals surface area contributed by atoms with Crippen LogP contribution in [0.1, 0.15) is 25.5 Å². The summed E-state index contributed by atoms with van der Waals surface area (Å²) < 4.78 is 0. The summed E-state index contributed by atoms with van der Waals surface area (Å²) in [5.74, 6) is 1.25. The molecule has 0 fully saturated rings. The molecule has 7 heteroatoms. The van der Waals surface area contributed by atoms with Crippen LogP contribution in [-0.2, 0) is 0 Å². The normalized spacial score (nSPS) is 11.1. The number of nitrogens with two attached hydrogens (primary N) is 1. The number of aromatic nitrogens is 3. The number of fused-ring (bicyclic) bond motifs is 1. The van der Waals surface area contributed by atoms with Gasteiger partial charge in [-0.05, 0) is 60.5 Å². The minimum Gasteiger partial charge on any atom is -0.508 e. The number of nitrogen functional groups attached to an aromatic ring is 1. The number of pyridine rings is 1. The molecule has 0 bridgehead atoms. The number of anilines is 3. The van der Waals surface area contributed by atoms with Crippen molar-refractivity contribution in [3.05, 3.63) is 66.6 Å². The minimum absolute atomic E-state index is 0.241. The first-order chi connectivity index (χ1) is 14.0. The molecule has 0 atom stereocenters. The Hall–Kier alpha value is -3.32. The van der Waals surface area contributed by atoms with Crippen LogP contribution in [0.15, 0.2) is 70.7 Å². The lowest BCUT2D eigenvalue weighted by molar-refractivity contribution is 0.475. The van der Waals surface area contributed by atoms with Crippen LogP contribution in [0, 0.1) is 0 Å².